The van der Waals surface area contributed by atoms with E-state index in [-0.39, 0.29) is 0 Å². The summed E-state index contributed by atoms with van der Waals surface area (Å²) in [5.74, 6) is -1.43. The van der Waals surface area contributed by atoms with Gasteiger partial charge in [0.25, 0.3) is 0 Å². The normalized spacial score (nSPS) is 17.3. The Kier molecular flexibility index (Phi) is 4.08. The summed E-state index contributed by atoms with van der Waals surface area (Å²) in [7, 11) is 0. The zero-order valence-corrected chi connectivity index (χ0v) is 11.2. The van der Waals surface area contributed by atoms with Crippen molar-refractivity contribution >= 4 is 17.6 Å². The van der Waals surface area contributed by atoms with Gasteiger partial charge < -0.3 is 15.3 Å². The predicted molar refractivity (Wildman–Crippen MR) is 76.6 cm³/mol. The number of carbonyl (C=O) groups is 2. The number of para-hydroxylation sites is 1. The van der Waals surface area contributed by atoms with Crippen molar-refractivity contribution in [3.05, 3.63) is 43.0 Å². The Bertz CT molecular complexity index is 505. The standard InChI is InChI=1S/C15H18N2O3/c1-2-13(18)16-15(14(19)20)8-10-17(11-9-15)12-6-4-3-5-7-12/h2-7H,1,8-11H2,(H,16,18)(H,19,20). The third-order valence-corrected chi connectivity index (χ3v) is 3.70. The van der Waals surface area contributed by atoms with Gasteiger partial charge in [0.05, 0.1) is 0 Å². The van der Waals surface area contributed by atoms with E-state index in [1.807, 2.05) is 30.3 Å². The van der Waals surface area contributed by atoms with Crippen LogP contribution in [0.4, 0.5) is 5.69 Å². The molecule has 0 aromatic heterocycles. The molecule has 1 aromatic rings. The van der Waals surface area contributed by atoms with Crippen LogP contribution in [0.2, 0.25) is 0 Å². The van der Waals surface area contributed by atoms with Crippen molar-refractivity contribution in [2.24, 2.45) is 0 Å². The van der Waals surface area contributed by atoms with Gasteiger partial charge in [0.1, 0.15) is 5.54 Å². The number of amides is 1. The van der Waals surface area contributed by atoms with Crippen molar-refractivity contribution in [2.75, 3.05) is 18.0 Å². The highest BCUT2D eigenvalue weighted by atomic mass is 16.4. The highest BCUT2D eigenvalue weighted by Crippen LogP contribution is 2.26. The Balaban J connectivity index is 2.08. The van der Waals surface area contributed by atoms with E-state index >= 15 is 0 Å². The lowest BCUT2D eigenvalue weighted by molar-refractivity contribution is -0.148. The van der Waals surface area contributed by atoms with Gasteiger partial charge in [-0.25, -0.2) is 4.79 Å². The first-order chi connectivity index (χ1) is 9.57. The van der Waals surface area contributed by atoms with Gasteiger partial charge in [-0.2, -0.15) is 0 Å². The molecule has 5 heteroatoms. The van der Waals surface area contributed by atoms with Crippen LogP contribution in [0.3, 0.4) is 0 Å². The lowest BCUT2D eigenvalue weighted by Gasteiger charge is -2.40. The first-order valence-corrected chi connectivity index (χ1v) is 6.55. The maximum atomic E-state index is 11.5. The number of carboxylic acids is 1. The monoisotopic (exact) mass is 274 g/mol. The number of aliphatic carboxylic acids is 1. The molecule has 0 radical (unpaired) electrons. The number of nitrogens with one attached hydrogen (secondary N) is 1. The SMILES string of the molecule is C=CC(=O)NC1(C(=O)O)CCN(c2ccccc2)CC1. The predicted octanol–water partition coefficient (Wildman–Crippen LogP) is 1.41. The quantitative estimate of drug-likeness (QED) is 0.815. The third kappa shape index (κ3) is 2.82. The number of nitrogens with zero attached hydrogens (tertiary/aromatic N) is 1. The Labute approximate surface area is 117 Å². The first kappa shape index (κ1) is 14.1. The van der Waals surface area contributed by atoms with Gasteiger partial charge >= 0.3 is 5.97 Å². The molecule has 0 aliphatic carbocycles. The van der Waals surface area contributed by atoms with E-state index in [4.69, 9.17) is 0 Å². The third-order valence-electron chi connectivity index (χ3n) is 3.70. The van der Waals surface area contributed by atoms with Gasteiger partial charge in [-0.1, -0.05) is 24.8 Å². The fourth-order valence-electron chi connectivity index (χ4n) is 2.46. The van der Waals surface area contributed by atoms with Gasteiger partial charge in [-0.3, -0.25) is 4.79 Å². The number of rotatable bonds is 4. The zero-order chi connectivity index (χ0) is 14.6. The molecule has 1 saturated heterocycles. The minimum atomic E-state index is -1.18. The molecule has 5 nitrogen and oxygen atoms in total. The van der Waals surface area contributed by atoms with Crippen molar-refractivity contribution in [2.45, 2.75) is 18.4 Å². The summed E-state index contributed by atoms with van der Waals surface area (Å²) in [5, 5.41) is 12.0. The van der Waals surface area contributed by atoms with Crippen molar-refractivity contribution < 1.29 is 14.7 Å². The van der Waals surface area contributed by atoms with E-state index in [0.29, 0.717) is 25.9 Å². The highest BCUT2D eigenvalue weighted by Gasteiger charge is 2.42. The Morgan fingerprint density at radius 2 is 1.85 bits per heavy atom. The second-order valence-electron chi connectivity index (χ2n) is 4.90. The maximum absolute atomic E-state index is 11.5. The Morgan fingerprint density at radius 1 is 1.25 bits per heavy atom. The molecule has 1 aliphatic heterocycles. The van der Waals surface area contributed by atoms with Crippen LogP contribution >= 0.6 is 0 Å². The van der Waals surface area contributed by atoms with E-state index in [1.54, 1.807) is 0 Å². The summed E-state index contributed by atoms with van der Waals surface area (Å²) in [6, 6.07) is 9.84. The van der Waals surface area contributed by atoms with Gasteiger partial charge in [0.15, 0.2) is 0 Å². The molecule has 0 bridgehead atoms. The Hall–Kier alpha value is -2.30. The summed E-state index contributed by atoms with van der Waals surface area (Å²) in [5.41, 5.74) is -0.113. The molecule has 20 heavy (non-hydrogen) atoms. The Morgan fingerprint density at radius 3 is 2.35 bits per heavy atom. The summed E-state index contributed by atoms with van der Waals surface area (Å²) >= 11 is 0. The number of carboxylic acid groups (broad SMARTS) is 1. The van der Waals surface area contributed by atoms with Crippen molar-refractivity contribution in [3.63, 3.8) is 0 Å². The average molecular weight is 274 g/mol. The minimum Gasteiger partial charge on any atom is -0.480 e. The van der Waals surface area contributed by atoms with Crippen molar-refractivity contribution in [1.29, 1.82) is 0 Å². The number of anilines is 1. The van der Waals surface area contributed by atoms with E-state index in [9.17, 15) is 14.7 Å². The summed E-state index contributed by atoms with van der Waals surface area (Å²) in [4.78, 5) is 25.1. The lowest BCUT2D eigenvalue weighted by Crippen LogP contribution is -2.59. The molecule has 2 rings (SSSR count). The minimum absolute atomic E-state index is 0.372. The van der Waals surface area contributed by atoms with E-state index in [1.165, 1.54) is 0 Å². The zero-order valence-electron chi connectivity index (χ0n) is 11.2. The van der Waals surface area contributed by atoms with Crippen LogP contribution in [0.25, 0.3) is 0 Å². The topological polar surface area (TPSA) is 69.6 Å². The fraction of sp³-hybridized carbons (Fsp3) is 0.333. The van der Waals surface area contributed by atoms with Gasteiger partial charge in [0.2, 0.25) is 5.91 Å². The summed E-state index contributed by atoms with van der Waals surface area (Å²) in [6.07, 6.45) is 1.85. The molecule has 1 amide bonds. The largest absolute Gasteiger partial charge is 0.480 e. The molecule has 0 unspecified atom stereocenters. The van der Waals surface area contributed by atoms with E-state index < -0.39 is 17.4 Å². The van der Waals surface area contributed by atoms with Crippen molar-refractivity contribution in [3.8, 4) is 0 Å². The van der Waals surface area contributed by atoms with Gasteiger partial charge in [-0.05, 0) is 31.1 Å². The molecule has 1 heterocycles. The smallest absolute Gasteiger partial charge is 0.329 e. The summed E-state index contributed by atoms with van der Waals surface area (Å²) < 4.78 is 0. The average Bonchev–Trinajstić information content (AvgIpc) is 2.48. The number of benzene rings is 1. The van der Waals surface area contributed by atoms with Crippen LogP contribution in [0, 0.1) is 0 Å². The van der Waals surface area contributed by atoms with Crippen LogP contribution < -0.4 is 10.2 Å². The molecule has 1 aliphatic rings. The number of hydrogen-bond donors (Lipinski definition) is 2. The maximum Gasteiger partial charge on any atom is 0.329 e. The first-order valence-electron chi connectivity index (χ1n) is 6.55. The lowest BCUT2D eigenvalue weighted by atomic mass is 9.87. The fourth-order valence-corrected chi connectivity index (χ4v) is 2.46. The number of carbonyl (C=O) groups excluding carboxylic acids is 1. The highest BCUT2D eigenvalue weighted by molar-refractivity contribution is 5.92. The number of hydrogen-bond acceptors (Lipinski definition) is 3. The molecule has 106 valence electrons. The van der Waals surface area contributed by atoms with Crippen LogP contribution in [-0.2, 0) is 9.59 Å². The van der Waals surface area contributed by atoms with Gasteiger partial charge in [0, 0.05) is 18.8 Å². The van der Waals surface area contributed by atoms with Crippen LogP contribution in [-0.4, -0.2) is 35.6 Å². The molecule has 0 atom stereocenters. The number of piperidine rings is 1. The molecular weight excluding hydrogens is 256 g/mol. The van der Waals surface area contributed by atoms with Crippen molar-refractivity contribution in [1.82, 2.24) is 5.32 Å². The van der Waals surface area contributed by atoms with Crippen LogP contribution in [0.15, 0.2) is 43.0 Å². The van der Waals surface area contributed by atoms with E-state index in [2.05, 4.69) is 16.8 Å². The van der Waals surface area contributed by atoms with E-state index in [0.717, 1.165) is 11.8 Å². The molecule has 1 fully saturated rings. The summed E-state index contributed by atoms with van der Waals surface area (Å²) in [6.45, 7) is 4.55. The molecule has 0 saturated carbocycles. The molecule has 2 N–H and O–H groups in total. The van der Waals surface area contributed by atoms with Crippen LogP contribution in [0.5, 0.6) is 0 Å². The second-order valence-corrected chi connectivity index (χ2v) is 4.90. The molecular formula is C15H18N2O3. The van der Waals surface area contributed by atoms with Crippen LogP contribution in [0.1, 0.15) is 12.8 Å². The molecule has 0 spiro atoms. The second kappa shape index (κ2) is 5.77. The van der Waals surface area contributed by atoms with Gasteiger partial charge in [-0.15, -0.1) is 0 Å². The molecule has 1 aromatic carbocycles.